The molecule has 0 unspecified atom stereocenters. The Morgan fingerprint density at radius 3 is 2.90 bits per heavy atom. The summed E-state index contributed by atoms with van der Waals surface area (Å²) in [6.07, 6.45) is 3.14. The number of aromatic nitrogens is 2. The zero-order valence-corrected chi connectivity index (χ0v) is 13.4. The minimum atomic E-state index is 0.112. The van der Waals surface area contributed by atoms with E-state index in [2.05, 4.69) is 28.3 Å². The van der Waals surface area contributed by atoms with Crippen LogP contribution >= 0.6 is 22.9 Å². The third-order valence-corrected chi connectivity index (χ3v) is 4.97. The first-order chi connectivity index (χ1) is 10.2. The molecule has 2 aromatic rings. The molecule has 1 aliphatic heterocycles. The van der Waals surface area contributed by atoms with Crippen LogP contribution in [0.15, 0.2) is 6.07 Å². The lowest BCUT2D eigenvalue weighted by Crippen LogP contribution is -2.33. The van der Waals surface area contributed by atoms with Gasteiger partial charge in [0.2, 0.25) is 11.2 Å². The molecule has 2 aromatic heterocycles. The minimum absolute atomic E-state index is 0.112. The van der Waals surface area contributed by atoms with Crippen molar-refractivity contribution in [3.63, 3.8) is 0 Å². The predicted octanol–water partition coefficient (Wildman–Crippen LogP) is 2.94. The average Bonchev–Trinajstić information content (AvgIpc) is 3.12. The summed E-state index contributed by atoms with van der Waals surface area (Å²) in [5, 5.41) is 4.27. The summed E-state index contributed by atoms with van der Waals surface area (Å²) >= 11 is 7.58. The molecule has 0 radical (unpaired) electrons. The molecule has 1 fully saturated rings. The van der Waals surface area contributed by atoms with Crippen molar-refractivity contribution in [2.75, 3.05) is 25.0 Å². The lowest BCUT2D eigenvalue weighted by molar-refractivity contribution is -0.128. The van der Waals surface area contributed by atoms with Crippen LogP contribution in [0.3, 0.4) is 0 Å². The van der Waals surface area contributed by atoms with E-state index in [0.29, 0.717) is 5.82 Å². The fourth-order valence-corrected chi connectivity index (χ4v) is 3.68. The summed E-state index contributed by atoms with van der Waals surface area (Å²) < 4.78 is 0. The number of hydrogen-bond acceptors (Lipinski definition) is 5. The number of fused-ring (bicyclic) bond motifs is 1. The fourth-order valence-electron chi connectivity index (χ4n) is 2.49. The highest BCUT2D eigenvalue weighted by Gasteiger charge is 2.18. The largest absolute Gasteiger partial charge is 0.360 e. The molecule has 0 aromatic carbocycles. The smallest absolute Gasteiger partial charge is 0.241 e. The maximum atomic E-state index is 12.1. The van der Waals surface area contributed by atoms with Gasteiger partial charge in [-0.3, -0.25) is 4.79 Å². The van der Waals surface area contributed by atoms with Gasteiger partial charge in [-0.1, -0.05) is 6.92 Å². The Morgan fingerprint density at radius 2 is 2.19 bits per heavy atom. The highest BCUT2D eigenvalue weighted by molar-refractivity contribution is 7.18. The Hall–Kier alpha value is -1.40. The van der Waals surface area contributed by atoms with E-state index in [9.17, 15) is 4.79 Å². The molecule has 0 aliphatic carbocycles. The van der Waals surface area contributed by atoms with Crippen LogP contribution in [0.5, 0.6) is 0 Å². The lowest BCUT2D eigenvalue weighted by Gasteiger charge is -2.15. The third kappa shape index (κ3) is 3.11. The van der Waals surface area contributed by atoms with Gasteiger partial charge in [0.05, 0.1) is 11.9 Å². The van der Waals surface area contributed by atoms with Crippen LogP contribution in [0, 0.1) is 0 Å². The predicted molar refractivity (Wildman–Crippen MR) is 86.1 cm³/mol. The summed E-state index contributed by atoms with van der Waals surface area (Å²) in [7, 11) is 0. The topological polar surface area (TPSA) is 58.1 Å². The van der Waals surface area contributed by atoms with Crippen LogP contribution in [0.25, 0.3) is 10.2 Å². The Kier molecular flexibility index (Phi) is 4.26. The second-order valence-electron chi connectivity index (χ2n) is 5.07. The van der Waals surface area contributed by atoms with Gasteiger partial charge in [0.1, 0.15) is 10.6 Å². The van der Waals surface area contributed by atoms with Crippen molar-refractivity contribution in [1.82, 2.24) is 14.9 Å². The number of carbonyl (C=O) groups excluding carboxylic acids is 1. The van der Waals surface area contributed by atoms with Crippen LogP contribution in [-0.4, -0.2) is 40.4 Å². The Bertz CT molecular complexity index is 666. The number of aryl methyl sites for hydroxylation is 1. The molecule has 0 atom stereocenters. The maximum Gasteiger partial charge on any atom is 0.241 e. The summed E-state index contributed by atoms with van der Waals surface area (Å²) in [4.78, 5) is 24.5. The van der Waals surface area contributed by atoms with Gasteiger partial charge in [0.15, 0.2) is 0 Å². The summed E-state index contributed by atoms with van der Waals surface area (Å²) in [6.45, 7) is 4.07. The number of rotatable bonds is 4. The third-order valence-electron chi connectivity index (χ3n) is 3.63. The van der Waals surface area contributed by atoms with Crippen LogP contribution in [0.1, 0.15) is 24.6 Å². The van der Waals surface area contributed by atoms with E-state index in [1.165, 1.54) is 4.88 Å². The van der Waals surface area contributed by atoms with Crippen LogP contribution in [0.4, 0.5) is 5.82 Å². The van der Waals surface area contributed by atoms with Crippen molar-refractivity contribution in [1.29, 1.82) is 0 Å². The lowest BCUT2D eigenvalue weighted by atomic mass is 10.3. The fraction of sp³-hybridized carbons (Fsp3) is 0.500. The monoisotopic (exact) mass is 324 g/mol. The standard InChI is InChI=1S/C14H17ClN4OS/c1-2-9-7-10-12(17-14(15)18-13(10)21-9)16-8-11(20)19-5-3-4-6-19/h7H,2-6,8H2,1H3,(H,16,17,18). The number of likely N-dealkylation sites (tertiary alicyclic amines) is 1. The van der Waals surface area contributed by atoms with Gasteiger partial charge in [0.25, 0.3) is 0 Å². The Morgan fingerprint density at radius 1 is 1.43 bits per heavy atom. The molecule has 1 amide bonds. The minimum Gasteiger partial charge on any atom is -0.360 e. The van der Waals surface area contributed by atoms with Crippen LogP contribution < -0.4 is 5.32 Å². The molecule has 21 heavy (non-hydrogen) atoms. The van der Waals surface area contributed by atoms with E-state index in [0.717, 1.165) is 42.6 Å². The molecule has 112 valence electrons. The first-order valence-electron chi connectivity index (χ1n) is 7.15. The number of nitrogens with zero attached hydrogens (tertiary/aromatic N) is 3. The van der Waals surface area contributed by atoms with Gasteiger partial charge in [-0.15, -0.1) is 11.3 Å². The molecular weight excluding hydrogens is 308 g/mol. The van der Waals surface area contributed by atoms with Gasteiger partial charge in [-0.05, 0) is 36.9 Å². The van der Waals surface area contributed by atoms with Crippen LogP contribution in [0.2, 0.25) is 5.28 Å². The van der Waals surface area contributed by atoms with E-state index in [4.69, 9.17) is 11.6 Å². The molecule has 1 aliphatic rings. The van der Waals surface area contributed by atoms with Crippen molar-refractivity contribution in [3.8, 4) is 0 Å². The molecule has 3 heterocycles. The first-order valence-corrected chi connectivity index (χ1v) is 8.34. The highest BCUT2D eigenvalue weighted by atomic mass is 35.5. The normalized spacial score (nSPS) is 14.9. The van der Waals surface area contributed by atoms with E-state index >= 15 is 0 Å². The number of thiophene rings is 1. The Balaban J connectivity index is 1.79. The zero-order valence-electron chi connectivity index (χ0n) is 11.9. The van der Waals surface area contributed by atoms with E-state index in [1.807, 2.05) is 4.90 Å². The van der Waals surface area contributed by atoms with Crippen molar-refractivity contribution in [2.45, 2.75) is 26.2 Å². The number of amides is 1. The molecule has 1 N–H and O–H groups in total. The van der Waals surface area contributed by atoms with E-state index in [1.54, 1.807) is 11.3 Å². The number of hydrogen-bond donors (Lipinski definition) is 1. The van der Waals surface area contributed by atoms with Crippen molar-refractivity contribution < 1.29 is 4.79 Å². The van der Waals surface area contributed by atoms with Gasteiger partial charge in [0, 0.05) is 18.0 Å². The van der Waals surface area contributed by atoms with Crippen molar-refractivity contribution in [3.05, 3.63) is 16.2 Å². The van der Waals surface area contributed by atoms with Gasteiger partial charge < -0.3 is 10.2 Å². The van der Waals surface area contributed by atoms with Gasteiger partial charge in [-0.2, -0.15) is 0 Å². The van der Waals surface area contributed by atoms with E-state index in [-0.39, 0.29) is 17.7 Å². The van der Waals surface area contributed by atoms with Crippen molar-refractivity contribution >= 4 is 44.9 Å². The molecule has 0 spiro atoms. The molecule has 0 saturated carbocycles. The number of carbonyl (C=O) groups is 1. The van der Waals surface area contributed by atoms with Gasteiger partial charge in [-0.25, -0.2) is 9.97 Å². The second-order valence-corrected chi connectivity index (χ2v) is 6.52. The number of anilines is 1. The highest BCUT2D eigenvalue weighted by Crippen LogP contribution is 2.30. The molecule has 3 rings (SSSR count). The number of halogens is 1. The Labute approximate surface area is 132 Å². The quantitative estimate of drug-likeness (QED) is 0.878. The molecule has 5 nitrogen and oxygen atoms in total. The second kappa shape index (κ2) is 6.15. The maximum absolute atomic E-state index is 12.1. The van der Waals surface area contributed by atoms with E-state index < -0.39 is 0 Å². The van der Waals surface area contributed by atoms with Gasteiger partial charge >= 0.3 is 0 Å². The molecule has 0 bridgehead atoms. The molecule has 1 saturated heterocycles. The zero-order chi connectivity index (χ0) is 14.8. The number of nitrogens with one attached hydrogen (secondary N) is 1. The summed E-state index contributed by atoms with van der Waals surface area (Å²) in [5.41, 5.74) is 0. The first kappa shape index (κ1) is 14.5. The van der Waals surface area contributed by atoms with Crippen LogP contribution in [-0.2, 0) is 11.2 Å². The SMILES string of the molecule is CCc1cc2c(NCC(=O)N3CCCC3)nc(Cl)nc2s1. The average molecular weight is 325 g/mol. The van der Waals surface area contributed by atoms with Crippen molar-refractivity contribution in [2.24, 2.45) is 0 Å². The molecule has 7 heteroatoms. The summed E-state index contributed by atoms with van der Waals surface area (Å²) in [6, 6.07) is 2.07. The summed E-state index contributed by atoms with van der Waals surface area (Å²) in [5.74, 6) is 0.759. The molecular formula is C14H17ClN4OS.